The number of rotatable bonds is 5. The van der Waals surface area contributed by atoms with Gasteiger partial charge >= 0.3 is 6.03 Å². The average Bonchev–Trinajstić information content (AvgIpc) is 3.51. The molecule has 12 heteroatoms. The van der Waals surface area contributed by atoms with Crippen LogP contribution in [0.4, 0.5) is 16.3 Å². The van der Waals surface area contributed by atoms with Crippen molar-refractivity contribution in [1.82, 2.24) is 24.9 Å². The van der Waals surface area contributed by atoms with Crippen molar-refractivity contribution in [2.24, 2.45) is 11.8 Å². The highest BCUT2D eigenvalue weighted by molar-refractivity contribution is 7.92. The predicted molar refractivity (Wildman–Crippen MR) is 132 cm³/mol. The Hall–Kier alpha value is -2.34. The van der Waals surface area contributed by atoms with Gasteiger partial charge in [0, 0.05) is 71.2 Å². The van der Waals surface area contributed by atoms with Crippen LogP contribution in [-0.4, -0.2) is 92.6 Å². The van der Waals surface area contributed by atoms with Crippen molar-refractivity contribution in [3.8, 4) is 0 Å². The van der Waals surface area contributed by atoms with Crippen molar-refractivity contribution >= 4 is 39.2 Å². The van der Waals surface area contributed by atoms with Crippen LogP contribution in [0.5, 0.6) is 0 Å². The Kier molecular flexibility index (Phi) is 6.45. The fourth-order valence-electron chi connectivity index (χ4n) is 5.13. The van der Waals surface area contributed by atoms with E-state index in [4.69, 9.17) is 11.6 Å². The first-order valence-electron chi connectivity index (χ1n) is 11.5. The van der Waals surface area contributed by atoms with Gasteiger partial charge < -0.3 is 15.1 Å². The Bertz CT molecular complexity index is 1150. The van der Waals surface area contributed by atoms with Crippen LogP contribution in [0.25, 0.3) is 0 Å². The first-order valence-corrected chi connectivity index (χ1v) is 13.8. The second kappa shape index (κ2) is 9.37. The van der Waals surface area contributed by atoms with Gasteiger partial charge in [-0.1, -0.05) is 17.7 Å². The normalized spacial score (nSPS) is 23.4. The van der Waals surface area contributed by atoms with Crippen LogP contribution in [0.3, 0.4) is 0 Å². The van der Waals surface area contributed by atoms with E-state index in [0.29, 0.717) is 24.9 Å². The van der Waals surface area contributed by atoms with E-state index in [0.717, 1.165) is 62.8 Å². The molecule has 0 saturated carbocycles. The van der Waals surface area contributed by atoms with E-state index >= 15 is 0 Å². The lowest BCUT2D eigenvalue weighted by molar-refractivity contribution is 0.134. The minimum atomic E-state index is -3.44. The lowest BCUT2D eigenvalue weighted by Gasteiger charge is -2.34. The minimum Gasteiger partial charge on any atom is -0.370 e. The number of halogens is 1. The summed E-state index contributed by atoms with van der Waals surface area (Å²) in [5, 5.41) is 8.32. The highest BCUT2D eigenvalue weighted by Crippen LogP contribution is 2.35. The summed E-state index contributed by atoms with van der Waals surface area (Å²) in [6.07, 6.45) is 2.52. The quantitative estimate of drug-likeness (QED) is 0.629. The number of carbonyl (C=O) groups excluding carboxylic acids is 1. The number of fused-ring (bicyclic) bond motifs is 1. The Labute approximate surface area is 204 Å². The molecule has 3 fully saturated rings. The monoisotopic (exact) mass is 507 g/mol. The van der Waals surface area contributed by atoms with Crippen LogP contribution in [0.1, 0.15) is 5.56 Å². The SMILES string of the molecule is CS(=O)(=O)Nc1ccn(C(=O)N2CCN(Cc3ccc(Cl)c(N4CC5CNCC5C4)c3)CC2)n1. The maximum absolute atomic E-state index is 12.8. The summed E-state index contributed by atoms with van der Waals surface area (Å²) >= 11 is 6.56. The fraction of sp³-hybridized carbons (Fsp3) is 0.545. The minimum absolute atomic E-state index is 0.130. The lowest BCUT2D eigenvalue weighted by atomic mass is 10.0. The highest BCUT2D eigenvalue weighted by Gasteiger charge is 2.36. The summed E-state index contributed by atoms with van der Waals surface area (Å²) in [7, 11) is -3.44. The van der Waals surface area contributed by atoms with Gasteiger partial charge in [0.2, 0.25) is 10.0 Å². The number of piperazine rings is 1. The average molecular weight is 508 g/mol. The third-order valence-electron chi connectivity index (χ3n) is 6.86. The molecular weight excluding hydrogens is 478 g/mol. The Morgan fingerprint density at radius 1 is 1.15 bits per heavy atom. The molecule has 2 unspecified atom stereocenters. The zero-order chi connectivity index (χ0) is 23.9. The molecular formula is C22H30ClN7O3S. The molecule has 0 aliphatic carbocycles. The zero-order valence-electron chi connectivity index (χ0n) is 19.2. The molecule has 1 aromatic heterocycles. The van der Waals surface area contributed by atoms with Gasteiger partial charge in [0.15, 0.2) is 5.82 Å². The molecule has 10 nitrogen and oxygen atoms in total. The number of carbonyl (C=O) groups is 1. The summed E-state index contributed by atoms with van der Waals surface area (Å²) in [5.74, 6) is 1.54. The molecule has 0 spiro atoms. The number of nitrogens with zero attached hydrogens (tertiary/aromatic N) is 5. The van der Waals surface area contributed by atoms with Crippen molar-refractivity contribution < 1.29 is 13.2 Å². The molecule has 4 heterocycles. The molecule has 34 heavy (non-hydrogen) atoms. The summed E-state index contributed by atoms with van der Waals surface area (Å²) in [6.45, 7) is 7.75. The van der Waals surface area contributed by atoms with Crippen molar-refractivity contribution in [1.29, 1.82) is 0 Å². The standard InChI is InChI=1S/C22H30ClN7O3S/c1-34(32,33)26-21-4-5-30(25-21)22(31)28-8-6-27(7-9-28)13-16-2-3-19(23)20(10-16)29-14-17-11-24-12-18(17)15-29/h2-5,10,17-18,24H,6-9,11-15H2,1H3,(H,25,26). The van der Waals surface area contributed by atoms with Crippen LogP contribution in [-0.2, 0) is 16.6 Å². The van der Waals surface area contributed by atoms with E-state index < -0.39 is 10.0 Å². The number of sulfonamides is 1. The van der Waals surface area contributed by atoms with Crippen LogP contribution >= 0.6 is 11.6 Å². The van der Waals surface area contributed by atoms with Crippen molar-refractivity contribution in [2.45, 2.75) is 6.54 Å². The van der Waals surface area contributed by atoms with E-state index in [9.17, 15) is 13.2 Å². The fourth-order valence-corrected chi connectivity index (χ4v) is 5.85. The molecule has 2 N–H and O–H groups in total. The number of hydrogen-bond donors (Lipinski definition) is 2. The molecule has 0 bridgehead atoms. The van der Waals surface area contributed by atoms with Gasteiger partial charge in [-0.3, -0.25) is 9.62 Å². The van der Waals surface area contributed by atoms with Gasteiger partial charge in [0.25, 0.3) is 0 Å². The molecule has 1 amide bonds. The van der Waals surface area contributed by atoms with E-state index in [1.807, 2.05) is 6.07 Å². The summed E-state index contributed by atoms with van der Waals surface area (Å²) in [4.78, 5) is 19.3. The Morgan fingerprint density at radius 3 is 2.53 bits per heavy atom. The first kappa shape index (κ1) is 23.4. The summed E-state index contributed by atoms with van der Waals surface area (Å²) < 4.78 is 26.2. The van der Waals surface area contributed by atoms with E-state index in [2.05, 4.69) is 37.1 Å². The van der Waals surface area contributed by atoms with Gasteiger partial charge in [-0.05, 0) is 29.5 Å². The molecule has 184 valence electrons. The summed E-state index contributed by atoms with van der Waals surface area (Å²) in [6, 6.07) is 7.51. The van der Waals surface area contributed by atoms with E-state index in [1.54, 1.807) is 4.90 Å². The van der Waals surface area contributed by atoms with Gasteiger partial charge in [0.05, 0.1) is 17.0 Å². The van der Waals surface area contributed by atoms with Gasteiger partial charge in [-0.2, -0.15) is 4.68 Å². The highest BCUT2D eigenvalue weighted by atomic mass is 35.5. The number of nitrogens with one attached hydrogen (secondary N) is 2. The van der Waals surface area contributed by atoms with Crippen LogP contribution in [0.15, 0.2) is 30.5 Å². The van der Waals surface area contributed by atoms with Crippen molar-refractivity contribution in [2.75, 3.05) is 68.2 Å². The van der Waals surface area contributed by atoms with Gasteiger partial charge in [-0.25, -0.2) is 13.2 Å². The second-order valence-corrected chi connectivity index (χ2v) is 11.6. The molecule has 5 rings (SSSR count). The zero-order valence-corrected chi connectivity index (χ0v) is 20.7. The third-order valence-corrected chi connectivity index (χ3v) is 7.76. The van der Waals surface area contributed by atoms with Crippen molar-refractivity contribution in [3.05, 3.63) is 41.0 Å². The maximum atomic E-state index is 12.8. The third kappa shape index (κ3) is 5.17. The molecule has 3 saturated heterocycles. The van der Waals surface area contributed by atoms with Crippen molar-refractivity contribution in [3.63, 3.8) is 0 Å². The number of hydrogen-bond acceptors (Lipinski definition) is 7. The Balaban J connectivity index is 1.16. The van der Waals surface area contributed by atoms with Crippen LogP contribution < -0.4 is 14.9 Å². The number of benzene rings is 1. The van der Waals surface area contributed by atoms with Crippen LogP contribution in [0.2, 0.25) is 5.02 Å². The molecule has 3 aliphatic rings. The second-order valence-electron chi connectivity index (χ2n) is 9.43. The lowest BCUT2D eigenvalue weighted by Crippen LogP contribution is -2.49. The molecule has 0 radical (unpaired) electrons. The Morgan fingerprint density at radius 2 is 1.85 bits per heavy atom. The molecule has 2 aromatic rings. The maximum Gasteiger partial charge on any atom is 0.344 e. The molecule has 3 aliphatic heterocycles. The van der Waals surface area contributed by atoms with Gasteiger partial charge in [0.1, 0.15) is 0 Å². The number of aromatic nitrogens is 2. The predicted octanol–water partition coefficient (Wildman–Crippen LogP) is 1.35. The van der Waals surface area contributed by atoms with Crippen LogP contribution in [0, 0.1) is 11.8 Å². The van der Waals surface area contributed by atoms with Gasteiger partial charge in [-0.15, -0.1) is 5.10 Å². The number of anilines is 2. The molecule has 1 aromatic carbocycles. The van der Waals surface area contributed by atoms with E-state index in [-0.39, 0.29) is 11.8 Å². The molecule has 2 atom stereocenters. The van der Waals surface area contributed by atoms with E-state index in [1.165, 1.54) is 22.5 Å². The summed E-state index contributed by atoms with van der Waals surface area (Å²) in [5.41, 5.74) is 2.34. The largest absolute Gasteiger partial charge is 0.370 e. The number of amides is 1. The topological polar surface area (TPSA) is 103 Å². The smallest absolute Gasteiger partial charge is 0.344 e. The first-order chi connectivity index (χ1) is 16.2.